The summed E-state index contributed by atoms with van der Waals surface area (Å²) in [6, 6.07) is -0.251. The lowest BCUT2D eigenvalue weighted by Gasteiger charge is -2.18. The van der Waals surface area contributed by atoms with E-state index in [1.54, 1.807) is 7.85 Å². The van der Waals surface area contributed by atoms with Crippen molar-refractivity contribution in [3.63, 3.8) is 0 Å². The standard InChI is InChI=1S/C7H15BO4/c1-2-11-6-4(3-9)12-7(8)5(6)10/h4-7,9-10H,2-3,8H2,1H3/t4-,5+,6?,7-/m1/s1. The Morgan fingerprint density at radius 2 is 2.25 bits per heavy atom. The van der Waals surface area contributed by atoms with Crippen molar-refractivity contribution < 1.29 is 19.7 Å². The van der Waals surface area contributed by atoms with Crippen LogP contribution in [0.1, 0.15) is 6.92 Å². The highest BCUT2D eigenvalue weighted by molar-refractivity contribution is 6.11. The predicted molar refractivity (Wildman–Crippen MR) is 45.7 cm³/mol. The Balaban J connectivity index is 2.53. The summed E-state index contributed by atoms with van der Waals surface area (Å²) in [4.78, 5) is 0. The maximum absolute atomic E-state index is 9.53. The van der Waals surface area contributed by atoms with Gasteiger partial charge in [-0.05, 0) is 6.92 Å². The first kappa shape index (κ1) is 9.99. The van der Waals surface area contributed by atoms with E-state index in [2.05, 4.69) is 0 Å². The van der Waals surface area contributed by atoms with E-state index in [1.807, 2.05) is 6.92 Å². The Morgan fingerprint density at radius 3 is 2.75 bits per heavy atom. The molecule has 0 saturated carbocycles. The van der Waals surface area contributed by atoms with Gasteiger partial charge in [0.15, 0.2) is 0 Å². The Kier molecular flexibility index (Phi) is 3.52. The van der Waals surface area contributed by atoms with Crippen LogP contribution in [-0.4, -0.2) is 55.6 Å². The number of rotatable bonds is 3. The van der Waals surface area contributed by atoms with Gasteiger partial charge in [-0.2, -0.15) is 0 Å². The van der Waals surface area contributed by atoms with Crippen molar-refractivity contribution in [1.82, 2.24) is 0 Å². The van der Waals surface area contributed by atoms with E-state index in [4.69, 9.17) is 14.6 Å². The molecule has 0 bridgehead atoms. The molecule has 1 rings (SSSR count). The van der Waals surface area contributed by atoms with Crippen LogP contribution in [0.5, 0.6) is 0 Å². The number of hydrogen-bond donors (Lipinski definition) is 2. The topological polar surface area (TPSA) is 58.9 Å². The first-order valence-corrected chi connectivity index (χ1v) is 4.26. The van der Waals surface area contributed by atoms with Gasteiger partial charge < -0.3 is 19.7 Å². The molecule has 0 aliphatic carbocycles. The molecule has 5 heteroatoms. The zero-order valence-electron chi connectivity index (χ0n) is 7.43. The number of aliphatic hydroxyl groups excluding tert-OH is 2. The average Bonchev–Trinajstić information content (AvgIpc) is 2.33. The number of hydrogen-bond acceptors (Lipinski definition) is 4. The minimum atomic E-state index is -0.623. The van der Waals surface area contributed by atoms with Crippen molar-refractivity contribution in [2.24, 2.45) is 0 Å². The highest BCUT2D eigenvalue weighted by Crippen LogP contribution is 2.21. The lowest BCUT2D eigenvalue weighted by atomic mass is 9.93. The summed E-state index contributed by atoms with van der Waals surface area (Å²) in [6.07, 6.45) is -1.38. The van der Waals surface area contributed by atoms with Crippen molar-refractivity contribution in [3.8, 4) is 0 Å². The molecule has 4 atom stereocenters. The van der Waals surface area contributed by atoms with E-state index in [9.17, 15) is 5.11 Å². The van der Waals surface area contributed by atoms with Gasteiger partial charge in [-0.15, -0.1) is 0 Å². The quantitative estimate of drug-likeness (QED) is 0.491. The average molecular weight is 174 g/mol. The molecule has 1 fully saturated rings. The molecule has 2 N–H and O–H groups in total. The normalized spacial score (nSPS) is 41.9. The van der Waals surface area contributed by atoms with Gasteiger partial charge in [-0.3, -0.25) is 0 Å². The molecule has 0 aromatic heterocycles. The van der Waals surface area contributed by atoms with Crippen LogP contribution in [0.3, 0.4) is 0 Å². The van der Waals surface area contributed by atoms with Crippen LogP contribution in [0.15, 0.2) is 0 Å². The zero-order chi connectivity index (χ0) is 9.14. The highest BCUT2D eigenvalue weighted by atomic mass is 16.6. The fourth-order valence-electron chi connectivity index (χ4n) is 1.47. The Labute approximate surface area is 72.9 Å². The van der Waals surface area contributed by atoms with Crippen LogP contribution in [0.25, 0.3) is 0 Å². The summed E-state index contributed by atoms with van der Waals surface area (Å²) in [7, 11) is 1.77. The first-order valence-electron chi connectivity index (χ1n) is 4.26. The van der Waals surface area contributed by atoms with Crippen molar-refractivity contribution >= 4 is 7.85 Å². The SMILES string of the molecule is B[C@@H]1O[C@H](CO)C(OCC)[C@@H]1O. The van der Waals surface area contributed by atoms with E-state index in [0.717, 1.165) is 0 Å². The largest absolute Gasteiger partial charge is 0.394 e. The van der Waals surface area contributed by atoms with Gasteiger partial charge >= 0.3 is 0 Å². The molecule has 1 heterocycles. The van der Waals surface area contributed by atoms with Crippen LogP contribution in [0.4, 0.5) is 0 Å². The van der Waals surface area contributed by atoms with Crippen molar-refractivity contribution in [2.45, 2.75) is 31.2 Å². The van der Waals surface area contributed by atoms with Gasteiger partial charge in [0.25, 0.3) is 0 Å². The summed E-state index contributed by atoms with van der Waals surface area (Å²) in [5.74, 6) is 0. The molecule has 12 heavy (non-hydrogen) atoms. The summed E-state index contributed by atoms with van der Waals surface area (Å²) >= 11 is 0. The lowest BCUT2D eigenvalue weighted by molar-refractivity contribution is -0.0489. The minimum absolute atomic E-state index is 0.105. The zero-order valence-corrected chi connectivity index (χ0v) is 7.43. The third-order valence-electron chi connectivity index (χ3n) is 2.11. The van der Waals surface area contributed by atoms with Crippen LogP contribution < -0.4 is 0 Å². The van der Waals surface area contributed by atoms with E-state index in [0.29, 0.717) is 6.61 Å². The van der Waals surface area contributed by atoms with E-state index < -0.39 is 6.10 Å². The maximum Gasteiger partial charge on any atom is 0.142 e. The summed E-state index contributed by atoms with van der Waals surface area (Å²) < 4.78 is 10.5. The van der Waals surface area contributed by atoms with Gasteiger partial charge in [0.2, 0.25) is 0 Å². The third kappa shape index (κ3) is 1.80. The van der Waals surface area contributed by atoms with Gasteiger partial charge in [0.05, 0.1) is 12.6 Å². The Morgan fingerprint density at radius 1 is 1.58 bits per heavy atom. The molecule has 4 nitrogen and oxygen atoms in total. The first-order chi connectivity index (χ1) is 5.70. The fourth-order valence-corrected chi connectivity index (χ4v) is 1.47. The molecule has 1 saturated heterocycles. The van der Waals surface area contributed by atoms with Gasteiger partial charge in [-0.25, -0.2) is 0 Å². The van der Waals surface area contributed by atoms with Gasteiger partial charge in [0, 0.05) is 6.61 Å². The number of aliphatic hydroxyl groups is 2. The van der Waals surface area contributed by atoms with Crippen LogP contribution >= 0.6 is 0 Å². The molecule has 1 aliphatic rings. The molecule has 0 aromatic rings. The molecule has 0 spiro atoms. The summed E-state index contributed by atoms with van der Waals surface area (Å²) in [6.45, 7) is 2.27. The van der Waals surface area contributed by atoms with Gasteiger partial charge in [-0.1, -0.05) is 0 Å². The second-order valence-corrected chi connectivity index (χ2v) is 2.97. The molecule has 0 aromatic carbocycles. The maximum atomic E-state index is 9.53. The smallest absolute Gasteiger partial charge is 0.142 e. The van der Waals surface area contributed by atoms with Crippen molar-refractivity contribution in [1.29, 1.82) is 0 Å². The van der Waals surface area contributed by atoms with Crippen LogP contribution in [0.2, 0.25) is 0 Å². The van der Waals surface area contributed by atoms with E-state index in [1.165, 1.54) is 0 Å². The van der Waals surface area contributed by atoms with Crippen LogP contribution in [0, 0.1) is 0 Å². The summed E-state index contributed by atoms with van der Waals surface area (Å²) in [5, 5.41) is 18.4. The van der Waals surface area contributed by atoms with E-state index >= 15 is 0 Å². The van der Waals surface area contributed by atoms with Crippen LogP contribution in [-0.2, 0) is 9.47 Å². The molecule has 70 valence electrons. The monoisotopic (exact) mass is 174 g/mol. The second-order valence-electron chi connectivity index (χ2n) is 2.97. The van der Waals surface area contributed by atoms with E-state index in [-0.39, 0.29) is 24.8 Å². The molecule has 0 radical (unpaired) electrons. The predicted octanol–water partition coefficient (Wildman–Crippen LogP) is -1.90. The van der Waals surface area contributed by atoms with Crippen molar-refractivity contribution in [2.75, 3.05) is 13.2 Å². The third-order valence-corrected chi connectivity index (χ3v) is 2.11. The Hall–Kier alpha value is -0.0951. The fraction of sp³-hybridized carbons (Fsp3) is 1.00. The molecule has 1 aliphatic heterocycles. The molecule has 0 amide bonds. The Bertz CT molecular complexity index is 143. The molecule has 1 unspecified atom stereocenters. The molecular weight excluding hydrogens is 159 g/mol. The van der Waals surface area contributed by atoms with Gasteiger partial charge in [0.1, 0.15) is 26.2 Å². The van der Waals surface area contributed by atoms with Crippen molar-refractivity contribution in [3.05, 3.63) is 0 Å². The lowest BCUT2D eigenvalue weighted by Crippen LogP contribution is -2.36. The molecular formula is C7H15BO4. The highest BCUT2D eigenvalue weighted by Gasteiger charge is 2.41. The minimum Gasteiger partial charge on any atom is -0.394 e. The number of ether oxygens (including phenoxy) is 2. The summed E-state index contributed by atoms with van der Waals surface area (Å²) in [5.41, 5.74) is 0. The second kappa shape index (κ2) is 4.23.